The topological polar surface area (TPSA) is 168 Å². The van der Waals surface area contributed by atoms with E-state index in [1.165, 1.54) is 41.0 Å². The highest BCUT2D eigenvalue weighted by Gasteiger charge is 2.34. The van der Waals surface area contributed by atoms with Gasteiger partial charge in [0, 0.05) is 31.8 Å². The molecular weight excluding hydrogens is 549 g/mol. The smallest absolute Gasteiger partial charge is 0.410 e. The monoisotopic (exact) mass is 579 g/mol. The van der Waals surface area contributed by atoms with Gasteiger partial charge in [-0.25, -0.2) is 14.0 Å². The summed E-state index contributed by atoms with van der Waals surface area (Å²) in [5.74, 6) is -2.47. The lowest BCUT2D eigenvalue weighted by molar-refractivity contribution is -0.388. The van der Waals surface area contributed by atoms with Crippen molar-refractivity contribution in [3.63, 3.8) is 0 Å². The van der Waals surface area contributed by atoms with Crippen LogP contribution in [0.25, 0.3) is 11.1 Å². The van der Waals surface area contributed by atoms with Crippen LogP contribution in [0.2, 0.25) is 0 Å². The summed E-state index contributed by atoms with van der Waals surface area (Å²) in [6, 6.07) is 6.56. The zero-order valence-electron chi connectivity index (χ0n) is 23.8. The van der Waals surface area contributed by atoms with Gasteiger partial charge in [-0.15, -0.1) is 0 Å². The fraction of sp³-hybridized carbons (Fsp3) is 0.393. The minimum absolute atomic E-state index is 0.0281. The first-order chi connectivity index (χ1) is 19.7. The van der Waals surface area contributed by atoms with E-state index in [-0.39, 0.29) is 23.5 Å². The van der Waals surface area contributed by atoms with Crippen LogP contribution in [0.5, 0.6) is 0 Å². The van der Waals surface area contributed by atoms with Gasteiger partial charge in [-0.05, 0) is 73.3 Å². The van der Waals surface area contributed by atoms with Crippen molar-refractivity contribution in [2.24, 2.45) is 7.05 Å². The molecule has 220 valence electrons. The molecule has 1 saturated heterocycles. The van der Waals surface area contributed by atoms with Gasteiger partial charge in [0.1, 0.15) is 35.1 Å². The lowest BCUT2D eigenvalue weighted by atomic mass is 10.00. The van der Waals surface area contributed by atoms with Gasteiger partial charge in [-0.3, -0.25) is 4.68 Å². The van der Waals surface area contributed by atoms with E-state index in [4.69, 9.17) is 4.74 Å². The molecule has 0 spiro atoms. The molecule has 14 heteroatoms. The summed E-state index contributed by atoms with van der Waals surface area (Å²) in [6.45, 7) is 5.55. The zero-order valence-corrected chi connectivity index (χ0v) is 23.8. The lowest BCUT2D eigenvalue weighted by Crippen LogP contribution is -2.34. The molecule has 1 N–H and O–H groups in total. The number of carboxylic acids is 1. The Balaban J connectivity index is 1.81. The minimum Gasteiger partial charge on any atom is -0.478 e. The molecule has 4 rings (SSSR count). The van der Waals surface area contributed by atoms with Crippen molar-refractivity contribution in [1.82, 2.24) is 19.7 Å². The van der Waals surface area contributed by atoms with Crippen molar-refractivity contribution in [1.29, 1.82) is 5.26 Å². The second kappa shape index (κ2) is 11.4. The standard InChI is InChI=1S/C28H30FN7O6/c1-28(2,3)42-27(39)33(4)15-20-24(23(13-30)34(5)32-20)18-12-22(25(31-14-18)36(40)41)35-8-6-7-21(35)16-9-17(26(37)38)11-19(29)10-16/h9-12,14,21H,6-8,15H2,1-5H3,(H,37,38)/t21-/m1/s1. The number of pyridine rings is 1. The number of carbonyl (C=O) groups is 2. The second-order valence-corrected chi connectivity index (χ2v) is 11.0. The number of carboxylic acid groups (broad SMARTS) is 1. The van der Waals surface area contributed by atoms with Crippen molar-refractivity contribution in [2.45, 2.75) is 51.8 Å². The minimum atomic E-state index is -1.29. The number of nitro groups is 1. The fourth-order valence-electron chi connectivity index (χ4n) is 5.02. The van der Waals surface area contributed by atoms with Crippen LogP contribution in [0.3, 0.4) is 0 Å². The third kappa shape index (κ3) is 6.14. The summed E-state index contributed by atoms with van der Waals surface area (Å²) in [4.78, 5) is 42.7. The van der Waals surface area contributed by atoms with Gasteiger partial charge >= 0.3 is 17.9 Å². The summed E-state index contributed by atoms with van der Waals surface area (Å²) in [7, 11) is 3.09. The molecule has 1 fully saturated rings. The molecule has 1 aromatic carbocycles. The Morgan fingerprint density at radius 3 is 2.64 bits per heavy atom. The maximum absolute atomic E-state index is 14.4. The third-order valence-electron chi connectivity index (χ3n) is 6.74. The largest absolute Gasteiger partial charge is 0.478 e. The van der Waals surface area contributed by atoms with Gasteiger partial charge in [0.05, 0.1) is 23.8 Å². The zero-order chi connectivity index (χ0) is 30.9. The number of hydrogen-bond donors (Lipinski definition) is 1. The molecule has 13 nitrogen and oxygen atoms in total. The van der Waals surface area contributed by atoms with Gasteiger partial charge in [0.2, 0.25) is 0 Å². The van der Waals surface area contributed by atoms with E-state index < -0.39 is 40.3 Å². The van der Waals surface area contributed by atoms with Crippen LogP contribution in [0.1, 0.15) is 67.0 Å². The second-order valence-electron chi connectivity index (χ2n) is 11.0. The molecule has 0 aliphatic carbocycles. The van der Waals surface area contributed by atoms with Crippen LogP contribution in [-0.2, 0) is 18.3 Å². The first-order valence-electron chi connectivity index (χ1n) is 13.1. The van der Waals surface area contributed by atoms with Crippen LogP contribution in [0.15, 0.2) is 30.5 Å². The van der Waals surface area contributed by atoms with Gasteiger partial charge in [0.15, 0.2) is 0 Å². The third-order valence-corrected chi connectivity index (χ3v) is 6.74. The van der Waals surface area contributed by atoms with E-state index in [2.05, 4.69) is 16.2 Å². The number of nitriles is 1. The van der Waals surface area contributed by atoms with Crippen LogP contribution in [-0.4, -0.2) is 61.0 Å². The number of rotatable bonds is 7. The Bertz CT molecular complexity index is 1610. The van der Waals surface area contributed by atoms with Crippen LogP contribution in [0, 0.1) is 27.3 Å². The van der Waals surface area contributed by atoms with Crippen molar-refractivity contribution < 1.29 is 28.7 Å². The quantitative estimate of drug-likeness (QED) is 0.303. The van der Waals surface area contributed by atoms with Gasteiger partial charge in [-0.2, -0.15) is 10.4 Å². The molecule has 1 aliphatic heterocycles. The number of halogens is 1. The number of carbonyl (C=O) groups excluding carboxylic acids is 1. The highest BCUT2D eigenvalue weighted by molar-refractivity contribution is 5.88. The molecule has 2 aromatic heterocycles. The molecule has 0 bridgehead atoms. The molecule has 1 amide bonds. The highest BCUT2D eigenvalue weighted by atomic mass is 19.1. The fourth-order valence-corrected chi connectivity index (χ4v) is 5.02. The predicted molar refractivity (Wildman–Crippen MR) is 148 cm³/mol. The van der Waals surface area contributed by atoms with Gasteiger partial charge in [0.25, 0.3) is 0 Å². The molecule has 0 saturated carbocycles. The Kier molecular flexibility index (Phi) is 8.14. The number of ether oxygens (including phenoxy) is 1. The van der Waals surface area contributed by atoms with Crippen molar-refractivity contribution in [2.75, 3.05) is 18.5 Å². The first kappa shape index (κ1) is 29.9. The summed E-state index contributed by atoms with van der Waals surface area (Å²) in [5.41, 5.74) is 0.718. The van der Waals surface area contributed by atoms with Crippen molar-refractivity contribution in [3.05, 3.63) is 68.9 Å². The molecular formula is C28H30FN7O6. The normalized spacial score (nSPS) is 14.9. The number of anilines is 1. The summed E-state index contributed by atoms with van der Waals surface area (Å²) in [5, 5.41) is 35.8. The van der Waals surface area contributed by atoms with Gasteiger partial charge < -0.3 is 29.8 Å². The molecule has 0 unspecified atom stereocenters. The summed E-state index contributed by atoms with van der Waals surface area (Å²) in [6.07, 6.45) is 1.77. The number of hydrogen-bond acceptors (Lipinski definition) is 9. The van der Waals surface area contributed by atoms with Crippen LogP contribution in [0.4, 0.5) is 20.7 Å². The van der Waals surface area contributed by atoms with Crippen molar-refractivity contribution >= 4 is 23.6 Å². The van der Waals surface area contributed by atoms with Crippen LogP contribution >= 0.6 is 0 Å². The molecule has 42 heavy (non-hydrogen) atoms. The molecule has 3 heterocycles. The number of aryl methyl sites for hydroxylation is 1. The maximum Gasteiger partial charge on any atom is 0.410 e. The van der Waals surface area contributed by atoms with Gasteiger partial charge in [-0.1, -0.05) is 0 Å². The number of aromatic carboxylic acids is 1. The number of aromatic nitrogens is 3. The molecule has 1 aliphatic rings. The number of nitrogens with zero attached hydrogens (tertiary/aromatic N) is 7. The molecule has 1 atom stereocenters. The predicted octanol–water partition coefficient (Wildman–Crippen LogP) is 4.81. The summed E-state index contributed by atoms with van der Waals surface area (Å²) < 4.78 is 21.1. The van der Waals surface area contributed by atoms with Crippen LogP contribution < -0.4 is 4.90 Å². The lowest BCUT2D eigenvalue weighted by Gasteiger charge is -2.27. The van der Waals surface area contributed by atoms with E-state index in [1.807, 2.05) is 0 Å². The first-order valence-corrected chi connectivity index (χ1v) is 13.1. The van der Waals surface area contributed by atoms with E-state index in [0.29, 0.717) is 41.8 Å². The molecule has 0 radical (unpaired) electrons. The maximum atomic E-state index is 14.4. The average molecular weight is 580 g/mol. The number of benzene rings is 1. The SMILES string of the molecule is CN(Cc1nn(C)c(C#N)c1-c1cnc([N+](=O)[O-])c(N2CCC[C@@H]2c2cc(F)cc(C(=O)O)c2)c1)C(=O)OC(C)(C)C. The van der Waals surface area contributed by atoms with E-state index >= 15 is 0 Å². The Morgan fingerprint density at radius 2 is 2.02 bits per heavy atom. The Labute approximate surface area is 240 Å². The van der Waals surface area contributed by atoms with Crippen molar-refractivity contribution in [3.8, 4) is 17.2 Å². The Hall–Kier alpha value is -5.06. The Morgan fingerprint density at radius 1 is 1.31 bits per heavy atom. The van der Waals surface area contributed by atoms with E-state index in [0.717, 1.165) is 6.07 Å². The average Bonchev–Trinajstić information content (AvgIpc) is 3.51. The molecule has 3 aromatic rings. The summed E-state index contributed by atoms with van der Waals surface area (Å²) >= 11 is 0. The number of amides is 1. The highest BCUT2D eigenvalue weighted by Crippen LogP contribution is 2.42. The van der Waals surface area contributed by atoms with E-state index in [1.54, 1.807) is 32.7 Å². The van der Waals surface area contributed by atoms with E-state index in [9.17, 15) is 34.5 Å².